The Morgan fingerprint density at radius 1 is 0.727 bits per heavy atom. The average molecular weight is 597 g/mol. The molecule has 44 heavy (non-hydrogen) atoms. The van der Waals surface area contributed by atoms with E-state index >= 15 is 0 Å². The molecule has 6 aromatic rings. The van der Waals surface area contributed by atoms with Gasteiger partial charge in [-0.05, 0) is 72.8 Å². The van der Waals surface area contributed by atoms with Crippen molar-refractivity contribution in [1.29, 1.82) is 0 Å². The van der Waals surface area contributed by atoms with Crippen LogP contribution in [0.25, 0.3) is 22.3 Å². The quantitative estimate of drug-likeness (QED) is 0.114. The van der Waals surface area contributed by atoms with Crippen molar-refractivity contribution in [3.8, 4) is 17.1 Å². The molecular weight excluding hydrogens is 576 g/mol. The topological polar surface area (TPSA) is 89.2 Å². The fraction of sp³-hybridized carbons (Fsp3) is 0. The highest BCUT2D eigenvalue weighted by molar-refractivity contribution is 6.34. The minimum Gasteiger partial charge on any atom is -0.456 e. The number of rotatable bonds is 5. The second-order valence-corrected chi connectivity index (χ2v) is 10.5. The number of hydrogen-bond donors (Lipinski definition) is 0. The first-order valence-corrected chi connectivity index (χ1v) is 14.1. The number of anilines is 1. The van der Waals surface area contributed by atoms with Gasteiger partial charge in [-0.1, -0.05) is 60.1 Å². The standard InChI is InChI=1S/C36H21ClN2O5/c37-24-13-18-32-30(20-24)31(21-33(44-32)22-7-2-1-3-8-22)38-25-14-16-27(17-15-25)43-36(42)23-9-6-10-26(19-23)39-34(40)28-11-4-5-12-29(28)35(39)41/h1-21H. The van der Waals surface area contributed by atoms with Crippen LogP contribution in [-0.2, 0) is 0 Å². The Balaban J connectivity index is 1.14. The summed E-state index contributed by atoms with van der Waals surface area (Å²) in [6.45, 7) is 0. The number of carbonyl (C=O) groups excluding carboxylic acids is 3. The van der Waals surface area contributed by atoms with Gasteiger partial charge < -0.3 is 9.15 Å². The molecule has 212 valence electrons. The zero-order valence-electron chi connectivity index (χ0n) is 22.9. The lowest BCUT2D eigenvalue weighted by Gasteiger charge is -2.14. The zero-order chi connectivity index (χ0) is 30.2. The van der Waals surface area contributed by atoms with Crippen LogP contribution >= 0.6 is 11.6 Å². The van der Waals surface area contributed by atoms with E-state index in [1.165, 1.54) is 6.07 Å². The smallest absolute Gasteiger partial charge is 0.343 e. The van der Waals surface area contributed by atoms with E-state index in [1.54, 1.807) is 78.9 Å². The van der Waals surface area contributed by atoms with Crippen LogP contribution in [0.2, 0.25) is 5.02 Å². The van der Waals surface area contributed by atoms with Crippen molar-refractivity contribution in [2.75, 3.05) is 4.90 Å². The molecule has 0 fully saturated rings. The number of hydrogen-bond acceptors (Lipinski definition) is 6. The first-order chi connectivity index (χ1) is 21.4. The van der Waals surface area contributed by atoms with E-state index in [-0.39, 0.29) is 11.3 Å². The van der Waals surface area contributed by atoms with Gasteiger partial charge in [-0.3, -0.25) is 9.59 Å². The summed E-state index contributed by atoms with van der Waals surface area (Å²) in [5.41, 5.74) is 3.32. The molecule has 1 aliphatic rings. The molecule has 1 aliphatic heterocycles. The van der Waals surface area contributed by atoms with E-state index in [9.17, 15) is 14.4 Å². The van der Waals surface area contributed by atoms with Gasteiger partial charge >= 0.3 is 5.97 Å². The first-order valence-electron chi connectivity index (χ1n) is 13.7. The van der Waals surface area contributed by atoms with Crippen LogP contribution in [0.15, 0.2) is 137 Å². The van der Waals surface area contributed by atoms with Crippen LogP contribution in [0.1, 0.15) is 31.1 Å². The van der Waals surface area contributed by atoms with Crippen LogP contribution in [0, 0.1) is 0 Å². The number of ether oxygens (including phenoxy) is 1. The lowest BCUT2D eigenvalue weighted by atomic mass is 10.1. The summed E-state index contributed by atoms with van der Waals surface area (Å²) in [5, 5.41) is 1.99. The number of esters is 1. The van der Waals surface area contributed by atoms with Crippen molar-refractivity contribution in [1.82, 2.24) is 0 Å². The van der Waals surface area contributed by atoms with Crippen LogP contribution in [0.4, 0.5) is 11.4 Å². The third-order valence-corrected chi connectivity index (χ3v) is 7.43. The Labute approximate surface area is 256 Å². The number of benzene rings is 5. The maximum atomic E-state index is 13.0. The molecule has 0 N–H and O–H groups in total. The highest BCUT2D eigenvalue weighted by atomic mass is 35.5. The summed E-state index contributed by atoms with van der Waals surface area (Å²) in [6.07, 6.45) is 0. The van der Waals surface area contributed by atoms with Gasteiger partial charge in [-0.15, -0.1) is 0 Å². The normalized spacial score (nSPS) is 12.9. The van der Waals surface area contributed by atoms with Crippen LogP contribution in [0.5, 0.6) is 5.75 Å². The van der Waals surface area contributed by atoms with Crippen molar-refractivity contribution in [3.63, 3.8) is 0 Å². The van der Waals surface area contributed by atoms with Crippen molar-refractivity contribution in [3.05, 3.63) is 154 Å². The van der Waals surface area contributed by atoms with Crippen LogP contribution in [0.3, 0.4) is 0 Å². The highest BCUT2D eigenvalue weighted by Gasteiger charge is 2.36. The van der Waals surface area contributed by atoms with Gasteiger partial charge in [0.2, 0.25) is 0 Å². The molecular formula is C36H21ClN2O5. The molecule has 2 amide bonds. The molecule has 0 spiro atoms. The first kappa shape index (κ1) is 27.1. The second-order valence-electron chi connectivity index (χ2n) is 10.0. The fourth-order valence-electron chi connectivity index (χ4n) is 5.07. The van der Waals surface area contributed by atoms with Crippen molar-refractivity contribution >= 4 is 51.7 Å². The van der Waals surface area contributed by atoms with Gasteiger partial charge in [-0.25, -0.2) is 14.7 Å². The van der Waals surface area contributed by atoms with E-state index < -0.39 is 17.8 Å². The van der Waals surface area contributed by atoms with Gasteiger partial charge in [0.15, 0.2) is 0 Å². The largest absolute Gasteiger partial charge is 0.456 e. The molecule has 0 aliphatic carbocycles. The van der Waals surface area contributed by atoms with Crippen LogP contribution in [-0.4, -0.2) is 17.8 Å². The molecule has 7 nitrogen and oxygen atoms in total. The van der Waals surface area contributed by atoms with Crippen molar-refractivity contribution in [2.24, 2.45) is 4.99 Å². The third kappa shape index (κ3) is 5.06. The molecule has 5 aromatic carbocycles. The number of amides is 2. The predicted molar refractivity (Wildman–Crippen MR) is 167 cm³/mol. The van der Waals surface area contributed by atoms with Gasteiger partial charge in [-0.2, -0.15) is 0 Å². The third-order valence-electron chi connectivity index (χ3n) is 7.19. The SMILES string of the molecule is O=C(Oc1ccc(N=c2cc(-c3ccccc3)oc3ccc(Cl)cc23)cc1)c1cccc(N2C(=O)c3ccccc3C2=O)c1. The maximum absolute atomic E-state index is 13.0. The lowest BCUT2D eigenvalue weighted by Crippen LogP contribution is -2.29. The Morgan fingerprint density at radius 2 is 1.43 bits per heavy atom. The number of halogens is 1. The summed E-state index contributed by atoms with van der Waals surface area (Å²) in [5.74, 6) is -0.540. The Morgan fingerprint density at radius 3 is 2.16 bits per heavy atom. The van der Waals surface area contributed by atoms with E-state index in [4.69, 9.17) is 25.7 Å². The number of carbonyl (C=O) groups is 3. The van der Waals surface area contributed by atoms with Gasteiger partial charge in [0.25, 0.3) is 11.8 Å². The minimum atomic E-state index is -0.633. The fourth-order valence-corrected chi connectivity index (χ4v) is 5.24. The summed E-state index contributed by atoms with van der Waals surface area (Å²) in [4.78, 5) is 44.7. The maximum Gasteiger partial charge on any atom is 0.343 e. The number of imide groups is 1. The van der Waals surface area contributed by atoms with E-state index in [0.717, 1.165) is 15.8 Å². The lowest BCUT2D eigenvalue weighted by molar-refractivity contribution is 0.0733. The monoisotopic (exact) mass is 596 g/mol. The molecule has 0 saturated heterocycles. The van der Waals surface area contributed by atoms with Crippen LogP contribution < -0.4 is 15.0 Å². The molecule has 1 aromatic heterocycles. The summed E-state index contributed by atoms with van der Waals surface area (Å²) in [6, 6.07) is 36.6. The predicted octanol–water partition coefficient (Wildman–Crippen LogP) is 8.01. The van der Waals surface area contributed by atoms with E-state index in [0.29, 0.717) is 44.3 Å². The molecule has 0 unspecified atom stereocenters. The van der Waals surface area contributed by atoms with Gasteiger partial charge in [0.05, 0.1) is 33.4 Å². The highest BCUT2D eigenvalue weighted by Crippen LogP contribution is 2.30. The van der Waals surface area contributed by atoms with Crippen molar-refractivity contribution in [2.45, 2.75) is 0 Å². The number of fused-ring (bicyclic) bond motifs is 2. The Hall–Kier alpha value is -5.79. The molecule has 7 rings (SSSR count). The van der Waals surface area contributed by atoms with E-state index in [2.05, 4.69) is 0 Å². The second kappa shape index (κ2) is 11.1. The molecule has 0 radical (unpaired) electrons. The summed E-state index contributed by atoms with van der Waals surface area (Å²) < 4.78 is 11.7. The minimum absolute atomic E-state index is 0.192. The van der Waals surface area contributed by atoms with Crippen molar-refractivity contribution < 1.29 is 23.5 Å². The summed E-state index contributed by atoms with van der Waals surface area (Å²) in [7, 11) is 0. The molecule has 0 bridgehead atoms. The zero-order valence-corrected chi connectivity index (χ0v) is 23.7. The van der Waals surface area contributed by atoms with E-state index in [1.807, 2.05) is 42.5 Å². The molecule has 8 heteroatoms. The molecule has 2 heterocycles. The Bertz CT molecular complexity index is 2140. The van der Waals surface area contributed by atoms with Gasteiger partial charge in [0.1, 0.15) is 17.1 Å². The molecule has 0 atom stereocenters. The Kier molecular flexibility index (Phi) is 6.85. The summed E-state index contributed by atoms with van der Waals surface area (Å²) >= 11 is 6.28. The number of nitrogens with zero attached hydrogens (tertiary/aromatic N) is 2. The molecule has 0 saturated carbocycles. The average Bonchev–Trinajstić information content (AvgIpc) is 3.31. The van der Waals surface area contributed by atoms with Gasteiger partial charge in [0, 0.05) is 22.0 Å².